The van der Waals surface area contributed by atoms with Crippen LogP contribution in [-0.4, -0.2) is 98.7 Å². The van der Waals surface area contributed by atoms with Gasteiger partial charge in [0.25, 0.3) is 0 Å². The highest BCUT2D eigenvalue weighted by atomic mass is 16.7. The topological polar surface area (TPSA) is 169 Å². The van der Waals surface area contributed by atoms with E-state index in [9.17, 15) is 35.4 Å². The fourth-order valence-electron chi connectivity index (χ4n) is 8.15. The zero-order valence-corrected chi connectivity index (χ0v) is 40.9. The Balaban J connectivity index is 2.23. The van der Waals surface area contributed by atoms with Gasteiger partial charge in [0.1, 0.15) is 30.5 Å². The van der Waals surface area contributed by atoms with E-state index < -0.39 is 61.5 Å². The molecule has 1 fully saturated rings. The zero-order chi connectivity index (χ0) is 46.7. The maximum atomic E-state index is 13.1. The molecule has 10 nitrogen and oxygen atoms in total. The number of ether oxygens (including phenoxy) is 2. The van der Waals surface area contributed by atoms with Gasteiger partial charge in [0.15, 0.2) is 6.29 Å². The van der Waals surface area contributed by atoms with E-state index in [1.165, 1.54) is 154 Å². The van der Waals surface area contributed by atoms with E-state index in [1.807, 2.05) is 6.08 Å². The number of aliphatic hydroxyl groups is 6. The first-order chi connectivity index (χ1) is 31.3. The molecule has 0 bridgehead atoms. The van der Waals surface area contributed by atoms with Crippen LogP contribution in [0.1, 0.15) is 226 Å². The first-order valence-electron chi connectivity index (χ1n) is 26.5. The van der Waals surface area contributed by atoms with Crippen molar-refractivity contribution in [3.8, 4) is 0 Å². The van der Waals surface area contributed by atoms with E-state index in [0.29, 0.717) is 19.3 Å². The van der Waals surface area contributed by atoms with Gasteiger partial charge in [0, 0.05) is 0 Å². The van der Waals surface area contributed by atoms with Crippen LogP contribution in [0.5, 0.6) is 0 Å². The molecule has 7 N–H and O–H groups in total. The molecule has 374 valence electrons. The number of aliphatic hydroxyl groups excluding tert-OH is 6. The normalized spacial score (nSPS) is 20.9. The van der Waals surface area contributed by atoms with Crippen LogP contribution in [0.4, 0.5) is 0 Å². The summed E-state index contributed by atoms with van der Waals surface area (Å²) in [5.74, 6) is -0.629. The fourth-order valence-corrected chi connectivity index (χ4v) is 8.15. The largest absolute Gasteiger partial charge is 0.394 e. The summed E-state index contributed by atoms with van der Waals surface area (Å²) < 4.78 is 11.1. The number of rotatable bonds is 44. The molecule has 1 aliphatic heterocycles. The van der Waals surface area contributed by atoms with Crippen molar-refractivity contribution in [1.29, 1.82) is 0 Å². The van der Waals surface area contributed by atoms with Gasteiger partial charge >= 0.3 is 0 Å². The minimum atomic E-state index is -1.62. The first kappa shape index (κ1) is 60.1. The summed E-state index contributed by atoms with van der Waals surface area (Å²) in [6.45, 7) is 3.56. The second kappa shape index (κ2) is 43.7. The lowest BCUT2D eigenvalue weighted by Gasteiger charge is -2.40. The SMILES string of the molecule is CCCCCCC/C=C/CC/C=C/C(O)C(COC1OC(CO)C(O)C(O)C1O)NC(=O)C(O)CCCCCCCCCCCCCC/C=C\C/C=C\CCCCCCCCCCC. The third-order valence-corrected chi connectivity index (χ3v) is 12.5. The molecule has 0 aromatic carbocycles. The highest BCUT2D eigenvalue weighted by Gasteiger charge is 2.44. The molecule has 0 aliphatic carbocycles. The Morgan fingerprint density at radius 2 is 0.969 bits per heavy atom. The van der Waals surface area contributed by atoms with Crippen molar-refractivity contribution in [2.24, 2.45) is 0 Å². The maximum absolute atomic E-state index is 13.1. The number of amides is 1. The highest BCUT2D eigenvalue weighted by molar-refractivity contribution is 5.80. The fraction of sp³-hybridized carbons (Fsp3) is 0.833. The third-order valence-electron chi connectivity index (χ3n) is 12.5. The smallest absolute Gasteiger partial charge is 0.249 e. The number of nitrogens with one attached hydrogen (secondary N) is 1. The predicted molar refractivity (Wildman–Crippen MR) is 264 cm³/mol. The van der Waals surface area contributed by atoms with Crippen molar-refractivity contribution in [3.63, 3.8) is 0 Å². The maximum Gasteiger partial charge on any atom is 0.249 e. The van der Waals surface area contributed by atoms with Crippen LogP contribution in [0.3, 0.4) is 0 Å². The minimum absolute atomic E-state index is 0.301. The van der Waals surface area contributed by atoms with Crippen molar-refractivity contribution in [1.82, 2.24) is 5.32 Å². The molecule has 8 atom stereocenters. The lowest BCUT2D eigenvalue weighted by atomic mass is 9.99. The summed E-state index contributed by atoms with van der Waals surface area (Å²) in [4.78, 5) is 13.1. The van der Waals surface area contributed by atoms with Gasteiger partial charge in [-0.2, -0.15) is 0 Å². The average Bonchev–Trinajstić information content (AvgIpc) is 3.29. The van der Waals surface area contributed by atoms with Gasteiger partial charge in [-0.05, 0) is 64.2 Å². The summed E-state index contributed by atoms with van der Waals surface area (Å²) in [5, 5.41) is 64.7. The van der Waals surface area contributed by atoms with Gasteiger partial charge in [0.2, 0.25) is 5.91 Å². The Hall–Kier alpha value is -1.89. The Bertz CT molecular complexity index is 1160. The molecule has 8 unspecified atom stereocenters. The average molecular weight is 906 g/mol. The molecule has 0 aromatic heterocycles. The van der Waals surface area contributed by atoms with E-state index in [-0.39, 0.29) is 6.61 Å². The summed E-state index contributed by atoms with van der Waals surface area (Å²) in [5.41, 5.74) is 0. The van der Waals surface area contributed by atoms with Crippen LogP contribution >= 0.6 is 0 Å². The summed E-state index contributed by atoms with van der Waals surface area (Å²) in [7, 11) is 0. The molecule has 1 amide bonds. The Morgan fingerprint density at radius 3 is 1.45 bits per heavy atom. The van der Waals surface area contributed by atoms with Crippen molar-refractivity contribution in [3.05, 3.63) is 48.6 Å². The predicted octanol–water partition coefficient (Wildman–Crippen LogP) is 11.1. The molecule has 1 aliphatic rings. The van der Waals surface area contributed by atoms with Crippen molar-refractivity contribution < 1.29 is 44.9 Å². The highest BCUT2D eigenvalue weighted by Crippen LogP contribution is 2.23. The van der Waals surface area contributed by atoms with Crippen molar-refractivity contribution in [2.75, 3.05) is 13.2 Å². The number of hydrogen-bond acceptors (Lipinski definition) is 9. The first-order valence-corrected chi connectivity index (χ1v) is 26.5. The van der Waals surface area contributed by atoms with E-state index in [1.54, 1.807) is 6.08 Å². The number of carbonyl (C=O) groups excluding carboxylic acids is 1. The zero-order valence-electron chi connectivity index (χ0n) is 40.9. The van der Waals surface area contributed by atoms with Crippen molar-refractivity contribution in [2.45, 2.75) is 275 Å². The standard InChI is InChI=1S/C54H99NO9/c1-3-5-7-9-11-13-15-16-17-18-19-20-21-22-23-24-25-26-27-28-29-30-31-33-35-37-39-41-43-48(58)53(62)55-46(45-63-54-52(61)51(60)50(59)49(44-56)64-54)47(57)42-40-38-36-34-32-14-12-10-8-6-4-2/h19-20,22-23,32,34,40,42,46-52,54,56-61H,3-18,21,24-31,33,35-39,41,43-45H2,1-2H3,(H,55,62)/b20-19-,23-22-,34-32+,42-40+. The van der Waals surface area contributed by atoms with E-state index >= 15 is 0 Å². The molecule has 0 spiro atoms. The van der Waals surface area contributed by atoms with E-state index in [2.05, 4.69) is 55.6 Å². The molecule has 1 saturated heterocycles. The van der Waals surface area contributed by atoms with Crippen LogP contribution in [-0.2, 0) is 14.3 Å². The molecule has 0 aromatic rings. The molecule has 10 heteroatoms. The number of carbonyl (C=O) groups is 1. The van der Waals surface area contributed by atoms with Crippen LogP contribution in [0.2, 0.25) is 0 Å². The molecule has 64 heavy (non-hydrogen) atoms. The van der Waals surface area contributed by atoms with Gasteiger partial charge in [-0.1, -0.05) is 210 Å². The van der Waals surface area contributed by atoms with Gasteiger partial charge in [0.05, 0.1) is 25.4 Å². The Labute approximate surface area is 391 Å². The monoisotopic (exact) mass is 906 g/mol. The second-order valence-electron chi connectivity index (χ2n) is 18.4. The van der Waals surface area contributed by atoms with E-state index in [4.69, 9.17) is 9.47 Å². The van der Waals surface area contributed by atoms with Crippen LogP contribution in [0, 0.1) is 0 Å². The lowest BCUT2D eigenvalue weighted by molar-refractivity contribution is -0.302. The van der Waals surface area contributed by atoms with Crippen LogP contribution < -0.4 is 5.32 Å². The van der Waals surface area contributed by atoms with Crippen LogP contribution in [0.25, 0.3) is 0 Å². The molecule has 0 radical (unpaired) electrons. The number of hydrogen-bond donors (Lipinski definition) is 7. The molecule has 0 saturated carbocycles. The number of unbranched alkanes of at least 4 members (excludes halogenated alkanes) is 27. The quantitative estimate of drug-likeness (QED) is 0.0232. The van der Waals surface area contributed by atoms with E-state index in [0.717, 1.165) is 38.5 Å². The summed E-state index contributed by atoms with van der Waals surface area (Å²) in [6.07, 6.45) is 46.5. The molecule has 1 rings (SSSR count). The third kappa shape index (κ3) is 32.7. The van der Waals surface area contributed by atoms with Crippen LogP contribution in [0.15, 0.2) is 48.6 Å². The summed E-state index contributed by atoms with van der Waals surface area (Å²) in [6, 6.07) is -0.997. The lowest BCUT2D eigenvalue weighted by Crippen LogP contribution is -2.60. The van der Waals surface area contributed by atoms with Crippen molar-refractivity contribution >= 4 is 5.91 Å². The van der Waals surface area contributed by atoms with Gasteiger partial charge < -0.3 is 45.4 Å². The molecular formula is C54H99NO9. The summed E-state index contributed by atoms with van der Waals surface area (Å²) >= 11 is 0. The molecule has 1 heterocycles. The Kier molecular flexibility index (Phi) is 41.0. The Morgan fingerprint density at radius 1 is 0.547 bits per heavy atom. The van der Waals surface area contributed by atoms with Gasteiger partial charge in [-0.15, -0.1) is 0 Å². The number of allylic oxidation sites excluding steroid dienone is 7. The van der Waals surface area contributed by atoms with Gasteiger partial charge in [-0.25, -0.2) is 0 Å². The minimum Gasteiger partial charge on any atom is -0.394 e. The second-order valence-corrected chi connectivity index (χ2v) is 18.4. The molecular weight excluding hydrogens is 807 g/mol. The van der Waals surface area contributed by atoms with Gasteiger partial charge in [-0.3, -0.25) is 4.79 Å².